The highest BCUT2D eigenvalue weighted by Gasteiger charge is 2.30. The van der Waals surface area contributed by atoms with Crippen LogP contribution >= 0.6 is 15.6 Å². The van der Waals surface area contributed by atoms with Gasteiger partial charge >= 0.3 is 39.5 Å². The minimum Gasteiger partial charge on any atom is -0.462 e. The van der Waals surface area contributed by atoms with Crippen LogP contribution in [-0.4, -0.2) is 96.7 Å². The van der Waals surface area contributed by atoms with Crippen LogP contribution in [-0.2, 0) is 65.4 Å². The highest BCUT2D eigenvalue weighted by atomic mass is 31.2. The lowest BCUT2D eigenvalue weighted by Crippen LogP contribution is -2.30. The topological polar surface area (TPSA) is 237 Å². The van der Waals surface area contributed by atoms with Crippen molar-refractivity contribution in [3.8, 4) is 0 Å². The van der Waals surface area contributed by atoms with Crippen molar-refractivity contribution >= 4 is 39.5 Å². The van der Waals surface area contributed by atoms with E-state index in [0.717, 1.165) is 108 Å². The standard InChI is InChI=1S/C73H142O17P2/c1-8-10-11-12-13-14-25-33-40-47-54-70(75)83-61-69(90-73(78)57-50-43-36-29-28-32-39-46-53-66(7)9-2)63-88-92(81,82)86-59-67(74)58-85-91(79,80)87-62-68(60-84-71(76)55-48-41-34-26-22-21-24-31-38-45-52-65(5)6)89-72(77)56-49-42-35-27-20-18-16-15-17-19-23-30-37-44-51-64(3)4/h64-69,74H,8-63H2,1-7H3,(H,79,80)(H,81,82)/t66?,67-,68-,69-/m1/s1. The third kappa shape index (κ3) is 65.4. The van der Waals surface area contributed by atoms with E-state index >= 15 is 0 Å². The second kappa shape index (κ2) is 63.8. The normalized spacial score (nSPS) is 14.4. The summed E-state index contributed by atoms with van der Waals surface area (Å²) in [5.74, 6) is 0.201. The molecule has 3 unspecified atom stereocenters. The van der Waals surface area contributed by atoms with E-state index in [1.165, 1.54) is 180 Å². The molecule has 3 N–H and O–H groups in total. The molecular weight excluding hydrogens is 1210 g/mol. The average molecular weight is 1350 g/mol. The van der Waals surface area contributed by atoms with Crippen LogP contribution in [0.4, 0.5) is 0 Å². The van der Waals surface area contributed by atoms with Gasteiger partial charge in [-0.2, -0.15) is 0 Å². The highest BCUT2D eigenvalue weighted by Crippen LogP contribution is 2.45. The highest BCUT2D eigenvalue weighted by molar-refractivity contribution is 7.47. The van der Waals surface area contributed by atoms with Crippen molar-refractivity contribution in [2.45, 2.75) is 388 Å². The van der Waals surface area contributed by atoms with Crippen molar-refractivity contribution in [2.24, 2.45) is 17.8 Å². The zero-order chi connectivity index (χ0) is 68.0. The first-order valence-electron chi connectivity index (χ1n) is 37.9. The number of carbonyl (C=O) groups excluding carboxylic acids is 4. The molecule has 0 aromatic rings. The van der Waals surface area contributed by atoms with Crippen LogP contribution in [0.2, 0.25) is 0 Å². The van der Waals surface area contributed by atoms with Gasteiger partial charge in [-0.05, 0) is 43.4 Å². The van der Waals surface area contributed by atoms with E-state index in [0.29, 0.717) is 25.7 Å². The molecule has 0 fully saturated rings. The largest absolute Gasteiger partial charge is 0.472 e. The maximum absolute atomic E-state index is 13.1. The number of hydrogen-bond donors (Lipinski definition) is 3. The summed E-state index contributed by atoms with van der Waals surface area (Å²) in [4.78, 5) is 72.7. The van der Waals surface area contributed by atoms with Crippen molar-refractivity contribution in [2.75, 3.05) is 39.6 Å². The Balaban J connectivity index is 5.25. The summed E-state index contributed by atoms with van der Waals surface area (Å²) in [5.41, 5.74) is 0. The molecule has 0 aliphatic rings. The predicted molar refractivity (Wildman–Crippen MR) is 372 cm³/mol. The molecule has 19 heteroatoms. The molecule has 0 aliphatic carbocycles. The van der Waals surface area contributed by atoms with Crippen LogP contribution in [0.1, 0.15) is 370 Å². The molecule has 17 nitrogen and oxygen atoms in total. The number of phosphoric ester groups is 2. The molecule has 0 amide bonds. The molecule has 0 aliphatic heterocycles. The Labute approximate surface area is 562 Å². The molecule has 0 aromatic carbocycles. The van der Waals surface area contributed by atoms with Crippen LogP contribution in [0.15, 0.2) is 0 Å². The van der Waals surface area contributed by atoms with E-state index in [-0.39, 0.29) is 25.7 Å². The van der Waals surface area contributed by atoms with Crippen LogP contribution in [0.5, 0.6) is 0 Å². The molecule has 0 radical (unpaired) electrons. The van der Waals surface area contributed by atoms with Gasteiger partial charge in [-0.3, -0.25) is 37.3 Å². The molecule has 546 valence electrons. The van der Waals surface area contributed by atoms with Crippen LogP contribution < -0.4 is 0 Å². The van der Waals surface area contributed by atoms with Gasteiger partial charge in [-0.15, -0.1) is 0 Å². The molecule has 6 atom stereocenters. The first-order valence-corrected chi connectivity index (χ1v) is 40.9. The number of hydrogen-bond acceptors (Lipinski definition) is 15. The Morgan fingerprint density at radius 1 is 0.315 bits per heavy atom. The Bertz CT molecular complexity index is 1800. The number of ether oxygens (including phenoxy) is 4. The van der Waals surface area contributed by atoms with E-state index in [1.807, 2.05) is 0 Å². The minimum absolute atomic E-state index is 0.105. The molecule has 0 aromatic heterocycles. The van der Waals surface area contributed by atoms with E-state index < -0.39 is 97.5 Å². The van der Waals surface area contributed by atoms with E-state index in [4.69, 9.17) is 37.0 Å². The molecule has 0 bridgehead atoms. The molecule has 0 saturated carbocycles. The van der Waals surface area contributed by atoms with Gasteiger partial charge in [0, 0.05) is 25.7 Å². The quantitative estimate of drug-likeness (QED) is 0.0222. The SMILES string of the molecule is CCCCCCCCCCCCC(=O)OC[C@H](COP(=O)(O)OC[C@H](O)COP(=O)(O)OC[C@@H](COC(=O)CCCCCCCCCCCCC(C)C)OC(=O)CCCCCCCCCCCCCCCCC(C)C)OC(=O)CCCCCCCCCCC(C)CC. The van der Waals surface area contributed by atoms with Gasteiger partial charge in [0.25, 0.3) is 0 Å². The van der Waals surface area contributed by atoms with E-state index in [9.17, 15) is 43.2 Å². The number of esters is 4. The summed E-state index contributed by atoms with van der Waals surface area (Å²) < 4.78 is 68.4. The molecule has 0 saturated heterocycles. The van der Waals surface area contributed by atoms with Gasteiger partial charge in [0.05, 0.1) is 26.4 Å². The van der Waals surface area contributed by atoms with Gasteiger partial charge in [0.1, 0.15) is 19.3 Å². The summed E-state index contributed by atoms with van der Waals surface area (Å²) in [6, 6.07) is 0. The maximum atomic E-state index is 13.1. The third-order valence-corrected chi connectivity index (χ3v) is 19.1. The molecular formula is C73H142O17P2. The second-order valence-corrected chi connectivity index (χ2v) is 30.4. The van der Waals surface area contributed by atoms with Gasteiger partial charge in [0.15, 0.2) is 12.2 Å². The van der Waals surface area contributed by atoms with Gasteiger partial charge in [-0.1, -0.05) is 318 Å². The summed E-state index contributed by atoms with van der Waals surface area (Å²) in [5, 5.41) is 10.6. The zero-order valence-electron chi connectivity index (χ0n) is 60.0. The number of rotatable bonds is 71. The lowest BCUT2D eigenvalue weighted by atomic mass is 9.99. The Morgan fingerprint density at radius 3 is 0.826 bits per heavy atom. The Morgan fingerprint density at radius 2 is 0.554 bits per heavy atom. The van der Waals surface area contributed by atoms with Gasteiger partial charge in [-0.25, -0.2) is 9.13 Å². The fourth-order valence-electron chi connectivity index (χ4n) is 11.0. The van der Waals surface area contributed by atoms with Crippen molar-refractivity contribution in [1.82, 2.24) is 0 Å². The maximum Gasteiger partial charge on any atom is 0.472 e. The zero-order valence-corrected chi connectivity index (χ0v) is 61.8. The average Bonchev–Trinajstić information content (AvgIpc) is 2.03. The first-order chi connectivity index (χ1) is 44.3. The van der Waals surface area contributed by atoms with Crippen LogP contribution in [0, 0.1) is 17.8 Å². The van der Waals surface area contributed by atoms with E-state index in [2.05, 4.69) is 48.5 Å². The number of unbranched alkanes of at least 4 members (excludes halogenated alkanes) is 38. The second-order valence-electron chi connectivity index (χ2n) is 27.5. The van der Waals surface area contributed by atoms with Crippen molar-refractivity contribution in [3.05, 3.63) is 0 Å². The summed E-state index contributed by atoms with van der Waals surface area (Å²) in [6.45, 7) is 11.9. The summed E-state index contributed by atoms with van der Waals surface area (Å²) in [6.07, 6.45) is 48.4. The smallest absolute Gasteiger partial charge is 0.462 e. The Kier molecular flexibility index (Phi) is 62.4. The molecule has 0 spiro atoms. The number of aliphatic hydroxyl groups excluding tert-OH is 1. The summed E-state index contributed by atoms with van der Waals surface area (Å²) in [7, 11) is -9.91. The first kappa shape index (κ1) is 90.1. The van der Waals surface area contributed by atoms with E-state index in [1.54, 1.807) is 0 Å². The number of aliphatic hydroxyl groups is 1. The fraction of sp³-hybridized carbons (Fsp3) is 0.945. The minimum atomic E-state index is -4.95. The van der Waals surface area contributed by atoms with Crippen molar-refractivity contribution in [3.63, 3.8) is 0 Å². The third-order valence-electron chi connectivity index (χ3n) is 17.2. The van der Waals surface area contributed by atoms with Crippen LogP contribution in [0.25, 0.3) is 0 Å². The number of carbonyl (C=O) groups is 4. The predicted octanol–water partition coefficient (Wildman–Crippen LogP) is 21.0. The lowest BCUT2D eigenvalue weighted by molar-refractivity contribution is -0.161. The molecule has 0 rings (SSSR count). The number of phosphoric acid groups is 2. The lowest BCUT2D eigenvalue weighted by Gasteiger charge is -2.21. The van der Waals surface area contributed by atoms with Crippen molar-refractivity contribution < 1.29 is 80.2 Å². The van der Waals surface area contributed by atoms with Gasteiger partial charge < -0.3 is 33.8 Å². The fourth-order valence-corrected chi connectivity index (χ4v) is 12.6. The molecule has 0 heterocycles. The molecule has 92 heavy (non-hydrogen) atoms. The van der Waals surface area contributed by atoms with Crippen molar-refractivity contribution in [1.29, 1.82) is 0 Å². The van der Waals surface area contributed by atoms with Gasteiger partial charge in [0.2, 0.25) is 0 Å². The summed E-state index contributed by atoms with van der Waals surface area (Å²) >= 11 is 0. The Hall–Kier alpha value is -1.94. The van der Waals surface area contributed by atoms with Crippen LogP contribution in [0.3, 0.4) is 0 Å². The monoisotopic (exact) mass is 1350 g/mol.